The van der Waals surface area contributed by atoms with Gasteiger partial charge >= 0.3 is 5.97 Å². The molecular weight excluding hydrogens is 344 g/mol. The van der Waals surface area contributed by atoms with E-state index in [1.165, 1.54) is 57.8 Å². The van der Waals surface area contributed by atoms with Gasteiger partial charge in [0, 0.05) is 13.0 Å². The molecule has 0 aliphatic heterocycles. The molecule has 0 rings (SSSR count). The summed E-state index contributed by atoms with van der Waals surface area (Å²) in [4.78, 5) is 11.6. The Kier molecular flexibility index (Phi) is 22.8. The molecule has 5 nitrogen and oxygen atoms in total. The minimum atomic E-state index is -0.109. The van der Waals surface area contributed by atoms with Crippen molar-refractivity contribution in [2.45, 2.75) is 90.9 Å². The minimum Gasteiger partial charge on any atom is -0.463 e. The van der Waals surface area contributed by atoms with Gasteiger partial charge in [-0.25, -0.2) is 0 Å². The van der Waals surface area contributed by atoms with Crippen LogP contribution in [-0.2, 0) is 23.7 Å². The first-order chi connectivity index (χ1) is 13.3. The molecule has 0 aliphatic rings. The summed E-state index contributed by atoms with van der Waals surface area (Å²) in [5.74, 6) is -0.109. The number of carbonyl (C=O) groups excluding carboxylic acids is 1. The number of rotatable bonds is 22. The van der Waals surface area contributed by atoms with Gasteiger partial charge in [0.05, 0.1) is 33.0 Å². The van der Waals surface area contributed by atoms with Crippen LogP contribution in [0.2, 0.25) is 0 Å². The first-order valence-corrected chi connectivity index (χ1v) is 11.2. The predicted molar refractivity (Wildman–Crippen MR) is 110 cm³/mol. The van der Waals surface area contributed by atoms with Gasteiger partial charge in [0.25, 0.3) is 0 Å². The lowest BCUT2D eigenvalue weighted by Gasteiger charge is -2.07. The maximum absolute atomic E-state index is 11.6. The van der Waals surface area contributed by atoms with Crippen molar-refractivity contribution in [3.63, 3.8) is 0 Å². The van der Waals surface area contributed by atoms with Gasteiger partial charge in [0.2, 0.25) is 0 Å². The maximum Gasteiger partial charge on any atom is 0.305 e. The minimum absolute atomic E-state index is 0.109. The van der Waals surface area contributed by atoms with Crippen molar-refractivity contribution in [3.8, 4) is 0 Å². The SMILES string of the molecule is CCCCCCCCCCCCCC(=O)OCCOCCOCCOCC. The largest absolute Gasteiger partial charge is 0.463 e. The normalized spacial score (nSPS) is 11.0. The third-order valence-corrected chi connectivity index (χ3v) is 4.42. The molecule has 0 bridgehead atoms. The van der Waals surface area contributed by atoms with Gasteiger partial charge in [0.1, 0.15) is 6.61 Å². The highest BCUT2D eigenvalue weighted by molar-refractivity contribution is 5.69. The average Bonchev–Trinajstić information content (AvgIpc) is 2.67. The second kappa shape index (κ2) is 23.4. The molecule has 0 heterocycles. The molecule has 0 saturated carbocycles. The Bertz CT molecular complexity index is 296. The molecule has 0 radical (unpaired) electrons. The Morgan fingerprint density at radius 2 is 1.00 bits per heavy atom. The summed E-state index contributed by atoms with van der Waals surface area (Å²) in [5, 5.41) is 0. The lowest BCUT2D eigenvalue weighted by Crippen LogP contribution is -2.13. The molecule has 0 atom stereocenters. The molecular formula is C22H44O5. The van der Waals surface area contributed by atoms with Crippen LogP contribution in [0.4, 0.5) is 0 Å². The Labute approximate surface area is 167 Å². The second-order valence-electron chi connectivity index (χ2n) is 6.93. The summed E-state index contributed by atoms with van der Waals surface area (Å²) in [6, 6.07) is 0. The van der Waals surface area contributed by atoms with Crippen LogP contribution in [0, 0.1) is 0 Å². The van der Waals surface area contributed by atoms with Crippen LogP contribution >= 0.6 is 0 Å². The van der Waals surface area contributed by atoms with Crippen molar-refractivity contribution < 1.29 is 23.7 Å². The third kappa shape index (κ3) is 23.3. The Morgan fingerprint density at radius 1 is 0.556 bits per heavy atom. The molecule has 5 heteroatoms. The third-order valence-electron chi connectivity index (χ3n) is 4.42. The van der Waals surface area contributed by atoms with Gasteiger partial charge in [0.15, 0.2) is 0 Å². The van der Waals surface area contributed by atoms with E-state index in [0.717, 1.165) is 12.8 Å². The highest BCUT2D eigenvalue weighted by Crippen LogP contribution is 2.12. The van der Waals surface area contributed by atoms with Crippen molar-refractivity contribution in [2.24, 2.45) is 0 Å². The monoisotopic (exact) mass is 388 g/mol. The Balaban J connectivity index is 3.13. The van der Waals surface area contributed by atoms with Crippen LogP contribution in [-0.4, -0.2) is 52.2 Å². The Hall–Kier alpha value is -0.650. The fourth-order valence-corrected chi connectivity index (χ4v) is 2.80. The van der Waals surface area contributed by atoms with Crippen LogP contribution in [0.15, 0.2) is 0 Å². The van der Waals surface area contributed by atoms with E-state index in [1.807, 2.05) is 6.92 Å². The van der Waals surface area contributed by atoms with Gasteiger partial charge in [-0.15, -0.1) is 0 Å². The van der Waals surface area contributed by atoms with E-state index < -0.39 is 0 Å². The van der Waals surface area contributed by atoms with Gasteiger partial charge in [-0.2, -0.15) is 0 Å². The van der Waals surface area contributed by atoms with Crippen molar-refractivity contribution in [2.75, 3.05) is 46.2 Å². The molecule has 0 fully saturated rings. The van der Waals surface area contributed by atoms with Crippen molar-refractivity contribution in [3.05, 3.63) is 0 Å². The standard InChI is InChI=1S/C22H44O5/c1-3-5-6-7-8-9-10-11-12-13-14-15-22(23)27-21-20-26-19-18-25-17-16-24-4-2/h3-21H2,1-2H3. The van der Waals surface area contributed by atoms with Gasteiger partial charge in [-0.3, -0.25) is 4.79 Å². The predicted octanol–water partition coefficient (Wildman–Crippen LogP) is 5.30. The fourth-order valence-electron chi connectivity index (χ4n) is 2.80. The summed E-state index contributed by atoms with van der Waals surface area (Å²) < 4.78 is 21.0. The van der Waals surface area contributed by atoms with Crippen LogP contribution in [0.25, 0.3) is 0 Å². The molecule has 162 valence electrons. The fraction of sp³-hybridized carbons (Fsp3) is 0.955. The number of carbonyl (C=O) groups is 1. The summed E-state index contributed by atoms with van der Waals surface area (Å²) in [7, 11) is 0. The molecule has 0 N–H and O–H groups in total. The van der Waals surface area contributed by atoms with Gasteiger partial charge in [-0.1, -0.05) is 71.1 Å². The van der Waals surface area contributed by atoms with Crippen molar-refractivity contribution >= 4 is 5.97 Å². The van der Waals surface area contributed by atoms with Crippen LogP contribution in [0.5, 0.6) is 0 Å². The summed E-state index contributed by atoms with van der Waals surface area (Å²) in [5.41, 5.74) is 0. The molecule has 0 aromatic heterocycles. The molecule has 0 aromatic rings. The smallest absolute Gasteiger partial charge is 0.305 e. The molecule has 0 aliphatic carbocycles. The van der Waals surface area contributed by atoms with Crippen molar-refractivity contribution in [1.29, 1.82) is 0 Å². The zero-order valence-electron chi connectivity index (χ0n) is 18.0. The van der Waals surface area contributed by atoms with Crippen LogP contribution in [0.1, 0.15) is 90.9 Å². The number of unbranched alkanes of at least 4 members (excludes halogenated alkanes) is 10. The maximum atomic E-state index is 11.6. The average molecular weight is 389 g/mol. The van der Waals surface area contributed by atoms with Crippen LogP contribution in [0.3, 0.4) is 0 Å². The van der Waals surface area contributed by atoms with E-state index in [-0.39, 0.29) is 5.97 Å². The molecule has 0 unspecified atom stereocenters. The zero-order chi connectivity index (χ0) is 19.8. The van der Waals surface area contributed by atoms with Crippen LogP contribution < -0.4 is 0 Å². The van der Waals surface area contributed by atoms with E-state index in [4.69, 9.17) is 18.9 Å². The quantitative estimate of drug-likeness (QED) is 0.186. The summed E-state index contributed by atoms with van der Waals surface area (Å²) in [6.45, 7) is 7.95. The molecule has 0 aromatic carbocycles. The van der Waals surface area contributed by atoms with E-state index >= 15 is 0 Å². The van der Waals surface area contributed by atoms with Gasteiger partial charge < -0.3 is 18.9 Å². The van der Waals surface area contributed by atoms with Gasteiger partial charge in [-0.05, 0) is 13.3 Å². The van der Waals surface area contributed by atoms with E-state index in [1.54, 1.807) is 0 Å². The van der Waals surface area contributed by atoms with E-state index in [9.17, 15) is 4.79 Å². The summed E-state index contributed by atoms with van der Waals surface area (Å²) >= 11 is 0. The number of ether oxygens (including phenoxy) is 4. The topological polar surface area (TPSA) is 54.0 Å². The van der Waals surface area contributed by atoms with E-state index in [2.05, 4.69) is 6.92 Å². The van der Waals surface area contributed by atoms with E-state index in [0.29, 0.717) is 52.7 Å². The highest BCUT2D eigenvalue weighted by atomic mass is 16.6. The summed E-state index contributed by atoms with van der Waals surface area (Å²) in [6.07, 6.45) is 14.7. The number of hydrogen-bond acceptors (Lipinski definition) is 5. The lowest BCUT2D eigenvalue weighted by atomic mass is 10.1. The zero-order valence-corrected chi connectivity index (χ0v) is 18.0. The second-order valence-corrected chi connectivity index (χ2v) is 6.93. The molecule has 0 spiro atoms. The van der Waals surface area contributed by atoms with Crippen molar-refractivity contribution in [1.82, 2.24) is 0 Å². The first kappa shape index (κ1) is 26.4. The highest BCUT2D eigenvalue weighted by Gasteiger charge is 2.02. The molecule has 0 saturated heterocycles. The Morgan fingerprint density at radius 3 is 1.52 bits per heavy atom. The number of esters is 1. The first-order valence-electron chi connectivity index (χ1n) is 11.2. The number of hydrogen-bond donors (Lipinski definition) is 0. The molecule has 0 amide bonds. The molecule has 27 heavy (non-hydrogen) atoms. The lowest BCUT2D eigenvalue weighted by molar-refractivity contribution is -0.145.